The number of anilines is 1. The number of nitrogens with zero attached hydrogens (tertiary/aromatic N) is 5. The number of rotatable bonds is 4. The summed E-state index contributed by atoms with van der Waals surface area (Å²) in [6, 6.07) is 1.88. The molecule has 2 heterocycles. The van der Waals surface area contributed by atoms with Crippen molar-refractivity contribution in [3.63, 3.8) is 0 Å². The third kappa shape index (κ3) is 3.47. The van der Waals surface area contributed by atoms with Gasteiger partial charge < -0.3 is 10.2 Å². The highest BCUT2D eigenvalue weighted by Crippen LogP contribution is 2.09. The molecule has 2 aromatic rings. The van der Waals surface area contributed by atoms with Crippen LogP contribution in [0.15, 0.2) is 24.7 Å². The number of hydrogen-bond donors (Lipinski definition) is 1. The zero-order valence-corrected chi connectivity index (χ0v) is 11.7. The van der Waals surface area contributed by atoms with Crippen molar-refractivity contribution in [1.82, 2.24) is 25.3 Å². The smallest absolute Gasteiger partial charge is 0.271 e. The van der Waals surface area contributed by atoms with Crippen LogP contribution in [0.25, 0.3) is 0 Å². The summed E-state index contributed by atoms with van der Waals surface area (Å²) in [6.45, 7) is 2.14. The Kier molecular flexibility index (Phi) is 4.19. The van der Waals surface area contributed by atoms with Crippen LogP contribution in [-0.2, 0) is 6.54 Å². The zero-order valence-electron chi connectivity index (χ0n) is 11.7. The second kappa shape index (κ2) is 6.05. The number of nitrogens with one attached hydrogen (secondary N) is 1. The van der Waals surface area contributed by atoms with Gasteiger partial charge in [0, 0.05) is 38.2 Å². The highest BCUT2D eigenvalue weighted by molar-refractivity contribution is 5.91. The fourth-order valence-electron chi connectivity index (χ4n) is 1.59. The summed E-state index contributed by atoms with van der Waals surface area (Å²) in [5.41, 5.74) is 1.13. The topological polar surface area (TPSA) is 83.9 Å². The second-order valence-corrected chi connectivity index (χ2v) is 4.45. The summed E-state index contributed by atoms with van der Waals surface area (Å²) in [7, 11) is 3.81. The predicted octanol–water partition coefficient (Wildman–Crippen LogP) is 0.571. The minimum atomic E-state index is -0.297. The summed E-state index contributed by atoms with van der Waals surface area (Å²) in [6.07, 6.45) is 4.41. The van der Waals surface area contributed by atoms with Gasteiger partial charge in [-0.25, -0.2) is 15.0 Å². The Balaban J connectivity index is 2.06. The van der Waals surface area contributed by atoms with Crippen molar-refractivity contribution in [2.24, 2.45) is 0 Å². The molecule has 2 rings (SSSR count). The van der Waals surface area contributed by atoms with Gasteiger partial charge in [-0.15, -0.1) is 0 Å². The molecule has 7 heteroatoms. The average molecular weight is 272 g/mol. The van der Waals surface area contributed by atoms with Gasteiger partial charge in [-0.1, -0.05) is 0 Å². The van der Waals surface area contributed by atoms with Crippen molar-refractivity contribution in [2.45, 2.75) is 13.5 Å². The van der Waals surface area contributed by atoms with Gasteiger partial charge in [0.15, 0.2) is 0 Å². The third-order valence-electron chi connectivity index (χ3n) is 2.55. The first-order valence-corrected chi connectivity index (χ1v) is 6.12. The van der Waals surface area contributed by atoms with E-state index in [9.17, 15) is 4.79 Å². The van der Waals surface area contributed by atoms with Crippen molar-refractivity contribution in [3.8, 4) is 0 Å². The normalized spacial score (nSPS) is 10.2. The number of hydrogen-bond acceptors (Lipinski definition) is 6. The number of aryl methyl sites for hydroxylation is 1. The lowest BCUT2D eigenvalue weighted by molar-refractivity contribution is 0.0944. The van der Waals surface area contributed by atoms with Crippen molar-refractivity contribution in [2.75, 3.05) is 19.0 Å². The summed E-state index contributed by atoms with van der Waals surface area (Å²) in [5, 5.41) is 2.72. The molecule has 7 nitrogen and oxygen atoms in total. The Morgan fingerprint density at radius 3 is 2.75 bits per heavy atom. The number of carbonyl (C=O) groups is 1. The fraction of sp³-hybridized carbons (Fsp3) is 0.308. The first-order chi connectivity index (χ1) is 9.56. The Labute approximate surface area is 117 Å². The molecule has 0 saturated carbocycles. The van der Waals surface area contributed by atoms with Crippen molar-refractivity contribution in [1.29, 1.82) is 0 Å². The Morgan fingerprint density at radius 1 is 1.30 bits per heavy atom. The molecule has 0 radical (unpaired) electrons. The van der Waals surface area contributed by atoms with Gasteiger partial charge in [-0.05, 0) is 6.92 Å². The molecule has 1 N–H and O–H groups in total. The SMILES string of the molecule is Cc1cc(N(C)C)nc(CNC(=O)c2cnccn2)n1. The van der Waals surface area contributed by atoms with E-state index in [-0.39, 0.29) is 18.1 Å². The van der Waals surface area contributed by atoms with Crippen LogP contribution in [0, 0.1) is 6.92 Å². The molecule has 0 aliphatic rings. The highest BCUT2D eigenvalue weighted by atomic mass is 16.1. The maximum absolute atomic E-state index is 11.8. The van der Waals surface area contributed by atoms with Crippen LogP contribution in [0.3, 0.4) is 0 Å². The first kappa shape index (κ1) is 13.9. The molecule has 20 heavy (non-hydrogen) atoms. The summed E-state index contributed by atoms with van der Waals surface area (Å²) < 4.78 is 0. The lowest BCUT2D eigenvalue weighted by Gasteiger charge is -2.13. The van der Waals surface area contributed by atoms with E-state index in [2.05, 4.69) is 25.3 Å². The number of amides is 1. The van der Waals surface area contributed by atoms with Crippen LogP contribution in [0.2, 0.25) is 0 Å². The molecule has 0 fully saturated rings. The van der Waals surface area contributed by atoms with Gasteiger partial charge in [0.25, 0.3) is 5.91 Å². The Hall–Kier alpha value is -2.57. The van der Waals surface area contributed by atoms with E-state index < -0.39 is 0 Å². The molecular formula is C13H16N6O. The molecule has 0 saturated heterocycles. The van der Waals surface area contributed by atoms with Crippen LogP contribution in [0.1, 0.15) is 22.0 Å². The molecule has 2 aromatic heterocycles. The lowest BCUT2D eigenvalue weighted by Crippen LogP contribution is -2.25. The first-order valence-electron chi connectivity index (χ1n) is 6.12. The van der Waals surface area contributed by atoms with E-state index in [1.807, 2.05) is 32.0 Å². The fourth-order valence-corrected chi connectivity index (χ4v) is 1.59. The third-order valence-corrected chi connectivity index (χ3v) is 2.55. The van der Waals surface area contributed by atoms with E-state index in [1.54, 1.807) is 0 Å². The van der Waals surface area contributed by atoms with E-state index in [4.69, 9.17) is 0 Å². The zero-order chi connectivity index (χ0) is 14.5. The van der Waals surface area contributed by atoms with E-state index in [1.165, 1.54) is 18.6 Å². The van der Waals surface area contributed by atoms with Crippen molar-refractivity contribution < 1.29 is 4.79 Å². The highest BCUT2D eigenvalue weighted by Gasteiger charge is 2.09. The molecule has 0 bridgehead atoms. The minimum absolute atomic E-state index is 0.248. The quantitative estimate of drug-likeness (QED) is 0.876. The summed E-state index contributed by atoms with van der Waals surface area (Å²) in [5.74, 6) is 1.07. The molecule has 0 spiro atoms. The van der Waals surface area contributed by atoms with Gasteiger partial charge in [-0.2, -0.15) is 0 Å². The van der Waals surface area contributed by atoms with Gasteiger partial charge in [-0.3, -0.25) is 9.78 Å². The van der Waals surface area contributed by atoms with Gasteiger partial charge in [0.1, 0.15) is 17.3 Å². The standard InChI is InChI=1S/C13H16N6O/c1-9-6-12(19(2)3)18-11(17-9)8-16-13(20)10-7-14-4-5-15-10/h4-7H,8H2,1-3H3,(H,16,20). The average Bonchev–Trinajstić information content (AvgIpc) is 2.45. The van der Waals surface area contributed by atoms with Crippen LogP contribution < -0.4 is 10.2 Å². The second-order valence-electron chi connectivity index (χ2n) is 4.45. The predicted molar refractivity (Wildman–Crippen MR) is 74.3 cm³/mol. The molecule has 1 amide bonds. The number of aromatic nitrogens is 4. The summed E-state index contributed by atoms with van der Waals surface area (Å²) in [4.78, 5) is 30.2. The molecule has 0 atom stereocenters. The van der Waals surface area contributed by atoms with Gasteiger partial charge in [0.05, 0.1) is 12.7 Å². The van der Waals surface area contributed by atoms with E-state index in [0.29, 0.717) is 5.82 Å². The molecule has 0 aromatic carbocycles. The van der Waals surface area contributed by atoms with E-state index >= 15 is 0 Å². The Morgan fingerprint density at radius 2 is 2.10 bits per heavy atom. The lowest BCUT2D eigenvalue weighted by atomic mass is 10.3. The molecule has 0 unspecified atom stereocenters. The molecule has 0 aliphatic carbocycles. The van der Waals surface area contributed by atoms with Crippen LogP contribution >= 0.6 is 0 Å². The maximum Gasteiger partial charge on any atom is 0.271 e. The molecule has 104 valence electrons. The molecular weight excluding hydrogens is 256 g/mol. The van der Waals surface area contributed by atoms with E-state index in [0.717, 1.165) is 11.5 Å². The Bertz CT molecular complexity index is 599. The molecule has 0 aliphatic heterocycles. The van der Waals surface area contributed by atoms with Gasteiger partial charge >= 0.3 is 0 Å². The number of carbonyl (C=O) groups excluding carboxylic acids is 1. The maximum atomic E-state index is 11.8. The monoisotopic (exact) mass is 272 g/mol. The van der Waals surface area contributed by atoms with Crippen molar-refractivity contribution >= 4 is 11.7 Å². The minimum Gasteiger partial charge on any atom is -0.363 e. The van der Waals surface area contributed by atoms with Crippen LogP contribution in [0.5, 0.6) is 0 Å². The van der Waals surface area contributed by atoms with Crippen LogP contribution in [-0.4, -0.2) is 39.9 Å². The van der Waals surface area contributed by atoms with Crippen molar-refractivity contribution in [3.05, 3.63) is 41.9 Å². The summed E-state index contributed by atoms with van der Waals surface area (Å²) >= 11 is 0. The largest absolute Gasteiger partial charge is 0.363 e. The van der Waals surface area contributed by atoms with Crippen LogP contribution in [0.4, 0.5) is 5.82 Å². The van der Waals surface area contributed by atoms with Gasteiger partial charge in [0.2, 0.25) is 0 Å².